The van der Waals surface area contributed by atoms with Crippen LogP contribution in [0.5, 0.6) is 0 Å². The molecule has 0 aromatic heterocycles. The summed E-state index contributed by atoms with van der Waals surface area (Å²) in [5, 5.41) is 0. The summed E-state index contributed by atoms with van der Waals surface area (Å²) in [6, 6.07) is 1.62. The summed E-state index contributed by atoms with van der Waals surface area (Å²) >= 11 is 0. The lowest BCUT2D eigenvalue weighted by Crippen LogP contribution is -2.69. The van der Waals surface area contributed by atoms with Gasteiger partial charge in [-0.05, 0) is 6.92 Å². The second-order valence-corrected chi connectivity index (χ2v) is 5.47. The van der Waals surface area contributed by atoms with Gasteiger partial charge in [-0.1, -0.05) is 24.3 Å². The Balaban J connectivity index is 3.70. The van der Waals surface area contributed by atoms with Crippen molar-refractivity contribution >= 4 is 5.78 Å². The van der Waals surface area contributed by atoms with Crippen LogP contribution in [-0.4, -0.2) is 35.6 Å². The van der Waals surface area contributed by atoms with E-state index in [0.717, 1.165) is 6.07 Å². The highest BCUT2D eigenvalue weighted by molar-refractivity contribution is 5.95. The van der Waals surface area contributed by atoms with Crippen molar-refractivity contribution in [3.05, 3.63) is 35.4 Å². The molecule has 0 aliphatic heterocycles. The maximum atomic E-state index is 14.0. The van der Waals surface area contributed by atoms with E-state index in [1.54, 1.807) is 0 Å². The van der Waals surface area contributed by atoms with E-state index in [4.69, 9.17) is 0 Å². The predicted molar refractivity (Wildman–Crippen MR) is 66.2 cm³/mol. The first-order valence-corrected chi connectivity index (χ1v) is 6.74. The molecule has 0 amide bonds. The molecule has 0 aliphatic rings. The molecule has 14 heteroatoms. The highest BCUT2D eigenvalue weighted by Gasteiger charge is 2.90. The van der Waals surface area contributed by atoms with Gasteiger partial charge in [0.15, 0.2) is 5.78 Å². The summed E-state index contributed by atoms with van der Waals surface area (Å²) < 4.78 is 170. The van der Waals surface area contributed by atoms with E-state index in [1.807, 2.05) is 0 Å². The number of benzene rings is 1. The molecular weight excluding hydrogens is 431 g/mol. The van der Waals surface area contributed by atoms with Crippen LogP contribution in [0, 0.1) is 0 Å². The van der Waals surface area contributed by atoms with Gasteiger partial charge in [0.1, 0.15) is 0 Å². The zero-order valence-corrected chi connectivity index (χ0v) is 13.1. The Bertz CT molecular complexity index is 748. The van der Waals surface area contributed by atoms with Crippen LogP contribution in [0.4, 0.5) is 57.1 Å². The molecule has 0 saturated carbocycles. The molecule has 0 bridgehead atoms. The molecule has 28 heavy (non-hydrogen) atoms. The van der Waals surface area contributed by atoms with E-state index >= 15 is 0 Å². The number of alkyl halides is 13. The first-order valence-electron chi connectivity index (χ1n) is 6.74. The summed E-state index contributed by atoms with van der Waals surface area (Å²) in [6.07, 6.45) is -7.47. The van der Waals surface area contributed by atoms with Crippen LogP contribution < -0.4 is 0 Å². The highest BCUT2D eigenvalue weighted by atomic mass is 19.4. The highest BCUT2D eigenvalue weighted by Crippen LogP contribution is 2.62. The number of Topliss-reactive ketones (excluding diaryl/α,β-unsaturated/α-hetero) is 1. The number of rotatable bonds is 6. The first kappa shape index (κ1) is 24.0. The van der Waals surface area contributed by atoms with Crippen LogP contribution in [-0.2, 0) is 5.92 Å². The van der Waals surface area contributed by atoms with E-state index in [2.05, 4.69) is 0 Å². The van der Waals surface area contributed by atoms with Crippen molar-refractivity contribution < 1.29 is 61.9 Å². The Kier molecular flexibility index (Phi) is 5.58. The molecule has 1 aromatic rings. The van der Waals surface area contributed by atoms with Gasteiger partial charge >= 0.3 is 35.8 Å². The molecule has 0 aliphatic carbocycles. The van der Waals surface area contributed by atoms with Crippen molar-refractivity contribution in [1.82, 2.24) is 0 Å². The fourth-order valence-corrected chi connectivity index (χ4v) is 2.00. The summed E-state index contributed by atoms with van der Waals surface area (Å²) in [7, 11) is 0. The average molecular weight is 438 g/mol. The van der Waals surface area contributed by atoms with Gasteiger partial charge in [0, 0.05) is 11.1 Å². The standard InChI is InChI=1S/C14H7F13O/c1-6(28)7-4-2-3-5-8(7)9(15,16)10(17,18)11(19,20)12(21,22)13(23,24)14(25,26)27/h2-5H,1H3. The quantitative estimate of drug-likeness (QED) is 0.389. The van der Waals surface area contributed by atoms with E-state index in [9.17, 15) is 61.9 Å². The summed E-state index contributed by atoms with van der Waals surface area (Å²) in [5.74, 6) is -39.0. The van der Waals surface area contributed by atoms with Gasteiger partial charge in [-0.15, -0.1) is 0 Å². The molecule has 1 aromatic carbocycles. The van der Waals surface area contributed by atoms with Crippen LogP contribution in [0.3, 0.4) is 0 Å². The van der Waals surface area contributed by atoms with Gasteiger partial charge < -0.3 is 0 Å². The smallest absolute Gasteiger partial charge is 0.294 e. The molecule has 0 heterocycles. The fourth-order valence-electron chi connectivity index (χ4n) is 2.00. The fraction of sp³-hybridized carbons (Fsp3) is 0.500. The lowest BCUT2D eigenvalue weighted by Gasteiger charge is -2.40. The van der Waals surface area contributed by atoms with E-state index in [-0.39, 0.29) is 6.07 Å². The SMILES string of the molecule is CC(=O)c1ccccc1C(F)(F)C(F)(F)C(F)(F)C(F)(F)C(F)(F)C(F)(F)F. The average Bonchev–Trinajstić information content (AvgIpc) is 2.52. The zero-order valence-electron chi connectivity index (χ0n) is 13.1. The lowest BCUT2D eigenvalue weighted by atomic mass is 9.88. The van der Waals surface area contributed by atoms with E-state index in [1.165, 1.54) is 0 Å². The van der Waals surface area contributed by atoms with Crippen LogP contribution in [0.15, 0.2) is 24.3 Å². The van der Waals surface area contributed by atoms with Crippen molar-refractivity contribution in [2.45, 2.75) is 42.7 Å². The third-order valence-corrected chi connectivity index (χ3v) is 3.58. The van der Waals surface area contributed by atoms with Crippen molar-refractivity contribution in [1.29, 1.82) is 0 Å². The Labute approximate surface area is 147 Å². The Morgan fingerprint density at radius 2 is 1.04 bits per heavy atom. The van der Waals surface area contributed by atoms with Gasteiger partial charge in [0.25, 0.3) is 0 Å². The van der Waals surface area contributed by atoms with Crippen LogP contribution in [0.2, 0.25) is 0 Å². The van der Waals surface area contributed by atoms with Crippen LogP contribution in [0.1, 0.15) is 22.8 Å². The molecule has 0 radical (unpaired) electrons. The minimum Gasteiger partial charge on any atom is -0.294 e. The number of carbonyl (C=O) groups excluding carboxylic acids is 1. The van der Waals surface area contributed by atoms with Gasteiger partial charge in [0.2, 0.25) is 0 Å². The Morgan fingerprint density at radius 1 is 0.643 bits per heavy atom. The van der Waals surface area contributed by atoms with Crippen LogP contribution in [0.25, 0.3) is 0 Å². The van der Waals surface area contributed by atoms with Gasteiger partial charge in [-0.2, -0.15) is 57.1 Å². The van der Waals surface area contributed by atoms with Crippen molar-refractivity contribution in [2.24, 2.45) is 0 Å². The minimum atomic E-state index is -7.98. The molecule has 0 unspecified atom stereocenters. The molecule has 0 spiro atoms. The monoisotopic (exact) mass is 438 g/mol. The largest absolute Gasteiger partial charge is 0.460 e. The summed E-state index contributed by atoms with van der Waals surface area (Å²) in [4.78, 5) is 11.2. The molecule has 0 N–H and O–H groups in total. The minimum absolute atomic E-state index is 0.0687. The summed E-state index contributed by atoms with van der Waals surface area (Å²) in [5.41, 5.74) is -3.63. The normalized spacial score (nSPS) is 14.9. The number of hydrogen-bond donors (Lipinski definition) is 0. The number of halogens is 13. The lowest BCUT2D eigenvalue weighted by molar-refractivity contribution is -0.441. The predicted octanol–water partition coefficient (Wildman–Crippen LogP) is 6.08. The third-order valence-electron chi connectivity index (χ3n) is 3.58. The van der Waals surface area contributed by atoms with Crippen LogP contribution >= 0.6 is 0 Å². The number of carbonyl (C=O) groups is 1. The maximum absolute atomic E-state index is 14.0. The van der Waals surface area contributed by atoms with Gasteiger partial charge in [-0.3, -0.25) is 4.79 Å². The van der Waals surface area contributed by atoms with E-state index < -0.39 is 52.7 Å². The topological polar surface area (TPSA) is 17.1 Å². The number of hydrogen-bond acceptors (Lipinski definition) is 1. The molecule has 0 saturated heterocycles. The second-order valence-electron chi connectivity index (χ2n) is 5.47. The second kappa shape index (κ2) is 6.51. The molecular formula is C14H7F13O. The maximum Gasteiger partial charge on any atom is 0.460 e. The Morgan fingerprint density at radius 3 is 1.43 bits per heavy atom. The van der Waals surface area contributed by atoms with Crippen molar-refractivity contribution in [3.8, 4) is 0 Å². The summed E-state index contributed by atoms with van der Waals surface area (Å²) in [6.45, 7) is 0.498. The van der Waals surface area contributed by atoms with Gasteiger partial charge in [0.05, 0.1) is 0 Å². The molecule has 1 rings (SSSR count). The molecule has 1 nitrogen and oxygen atoms in total. The van der Waals surface area contributed by atoms with E-state index in [0.29, 0.717) is 19.1 Å². The molecule has 0 atom stereocenters. The molecule has 160 valence electrons. The molecule has 0 fully saturated rings. The first-order chi connectivity index (χ1) is 12.2. The number of ketones is 1. The van der Waals surface area contributed by atoms with Crippen molar-refractivity contribution in [3.63, 3.8) is 0 Å². The Hall–Kier alpha value is -2.02. The third kappa shape index (κ3) is 3.09. The van der Waals surface area contributed by atoms with Gasteiger partial charge in [-0.25, -0.2) is 0 Å². The zero-order chi connectivity index (χ0) is 22.6. The van der Waals surface area contributed by atoms with Crippen molar-refractivity contribution in [2.75, 3.05) is 0 Å².